The van der Waals surface area contributed by atoms with Crippen molar-refractivity contribution in [2.75, 3.05) is 26.7 Å². The van der Waals surface area contributed by atoms with Crippen molar-refractivity contribution in [1.82, 2.24) is 9.80 Å². The minimum atomic E-state index is -0.458. The Kier molecular flexibility index (Phi) is 8.74. The van der Waals surface area contributed by atoms with Gasteiger partial charge in [0.25, 0.3) is 5.91 Å². The van der Waals surface area contributed by atoms with E-state index in [0.29, 0.717) is 67.6 Å². The van der Waals surface area contributed by atoms with Gasteiger partial charge in [-0.15, -0.1) is 0 Å². The van der Waals surface area contributed by atoms with Crippen molar-refractivity contribution in [2.45, 2.75) is 25.8 Å². The minimum absolute atomic E-state index is 0.0221. The Balaban J connectivity index is 1.27. The van der Waals surface area contributed by atoms with Gasteiger partial charge in [-0.2, -0.15) is 0 Å². The van der Waals surface area contributed by atoms with Crippen molar-refractivity contribution in [3.8, 4) is 17.1 Å². The lowest BCUT2D eigenvalue weighted by atomic mass is 9.75. The second kappa shape index (κ2) is 12.6. The Hall–Kier alpha value is -4.10. The first-order chi connectivity index (χ1) is 19.8. The van der Waals surface area contributed by atoms with Crippen molar-refractivity contribution >= 4 is 23.4 Å². The maximum atomic E-state index is 14.2. The number of halogens is 2. The molecular formula is C33H32ClFN2O4. The summed E-state index contributed by atoms with van der Waals surface area (Å²) in [5, 5.41) is 0.618. The van der Waals surface area contributed by atoms with E-state index in [9.17, 15) is 14.0 Å². The fraction of sp³-hybridized carbons (Fsp3) is 0.273. The topological polar surface area (TPSA) is 63.0 Å². The Morgan fingerprint density at radius 3 is 2.34 bits per heavy atom. The zero-order valence-electron chi connectivity index (χ0n) is 22.9. The summed E-state index contributed by atoms with van der Waals surface area (Å²) < 4.78 is 26.1. The average Bonchev–Trinajstić information content (AvgIpc) is 3.48. The highest BCUT2D eigenvalue weighted by Crippen LogP contribution is 2.37. The van der Waals surface area contributed by atoms with Crippen LogP contribution >= 0.6 is 11.6 Å². The molecule has 0 spiro atoms. The van der Waals surface area contributed by atoms with Crippen LogP contribution in [-0.2, 0) is 11.3 Å². The molecule has 1 aliphatic heterocycles. The highest BCUT2D eigenvalue weighted by Gasteiger charge is 2.40. The summed E-state index contributed by atoms with van der Waals surface area (Å²) in [6.45, 7) is 1.73. The number of amides is 2. The average molecular weight is 575 g/mol. The lowest BCUT2D eigenvalue weighted by molar-refractivity contribution is -0.134. The van der Waals surface area contributed by atoms with E-state index in [2.05, 4.69) is 0 Å². The molecule has 1 aliphatic rings. The Morgan fingerprint density at radius 1 is 0.951 bits per heavy atom. The zero-order chi connectivity index (χ0) is 28.8. The number of furan rings is 1. The van der Waals surface area contributed by atoms with Gasteiger partial charge < -0.3 is 19.0 Å². The number of likely N-dealkylation sites (tertiary alicyclic amines) is 1. The molecule has 5 rings (SSSR count). The summed E-state index contributed by atoms with van der Waals surface area (Å²) in [6.07, 6.45) is 1.46. The number of carbonyl (C=O) groups is 2. The largest absolute Gasteiger partial charge is 0.493 e. The summed E-state index contributed by atoms with van der Waals surface area (Å²) in [7, 11) is 1.81. The number of rotatable bonds is 9. The predicted octanol–water partition coefficient (Wildman–Crippen LogP) is 7.09. The smallest absolute Gasteiger partial charge is 0.289 e. The van der Waals surface area contributed by atoms with E-state index in [4.69, 9.17) is 20.8 Å². The van der Waals surface area contributed by atoms with E-state index in [1.54, 1.807) is 52.3 Å². The van der Waals surface area contributed by atoms with Crippen LogP contribution in [0.2, 0.25) is 5.02 Å². The van der Waals surface area contributed by atoms with Gasteiger partial charge in [0.1, 0.15) is 17.3 Å². The molecule has 41 heavy (non-hydrogen) atoms. The monoisotopic (exact) mass is 574 g/mol. The molecule has 0 N–H and O–H groups in total. The third kappa shape index (κ3) is 6.98. The predicted molar refractivity (Wildman–Crippen MR) is 156 cm³/mol. The molecule has 0 aliphatic carbocycles. The SMILES string of the molecule is CN(Cc1ccccc1)C(=O)CC1(COc2ccc(Cl)cc2)CCN(C(=O)c2ccc(-c3ccccc3F)o2)CC1. The molecule has 6 nitrogen and oxygen atoms in total. The van der Waals surface area contributed by atoms with Crippen molar-refractivity contribution in [1.29, 1.82) is 0 Å². The fourth-order valence-corrected chi connectivity index (χ4v) is 5.27. The van der Waals surface area contributed by atoms with E-state index in [1.807, 2.05) is 49.5 Å². The maximum Gasteiger partial charge on any atom is 0.289 e. The van der Waals surface area contributed by atoms with Gasteiger partial charge >= 0.3 is 0 Å². The number of benzene rings is 3. The lowest BCUT2D eigenvalue weighted by Gasteiger charge is -2.41. The molecular weight excluding hydrogens is 543 g/mol. The van der Waals surface area contributed by atoms with Gasteiger partial charge in [0, 0.05) is 43.5 Å². The molecule has 2 amide bonds. The van der Waals surface area contributed by atoms with Crippen molar-refractivity contribution in [3.05, 3.63) is 113 Å². The van der Waals surface area contributed by atoms with Crippen LogP contribution < -0.4 is 4.74 Å². The number of nitrogens with zero attached hydrogens (tertiary/aromatic N) is 2. The van der Waals surface area contributed by atoms with Crippen LogP contribution in [0.3, 0.4) is 0 Å². The van der Waals surface area contributed by atoms with Gasteiger partial charge in [-0.3, -0.25) is 9.59 Å². The van der Waals surface area contributed by atoms with E-state index < -0.39 is 11.2 Å². The normalized spacial score (nSPS) is 14.5. The van der Waals surface area contributed by atoms with E-state index >= 15 is 0 Å². The van der Waals surface area contributed by atoms with E-state index in [-0.39, 0.29) is 17.6 Å². The number of hydrogen-bond donors (Lipinski definition) is 0. The number of carbonyl (C=O) groups excluding carboxylic acids is 2. The summed E-state index contributed by atoms with van der Waals surface area (Å²) in [5.41, 5.74) is 0.907. The second-order valence-corrected chi connectivity index (χ2v) is 11.0. The van der Waals surface area contributed by atoms with Gasteiger partial charge in [-0.1, -0.05) is 54.1 Å². The molecule has 0 bridgehead atoms. The van der Waals surface area contributed by atoms with Gasteiger partial charge in [0.2, 0.25) is 5.91 Å². The maximum absolute atomic E-state index is 14.2. The summed E-state index contributed by atoms with van der Waals surface area (Å²) in [4.78, 5) is 30.2. The number of ether oxygens (including phenoxy) is 1. The quantitative estimate of drug-likeness (QED) is 0.214. The van der Waals surface area contributed by atoms with Crippen LogP contribution in [0.15, 0.2) is 95.4 Å². The lowest BCUT2D eigenvalue weighted by Crippen LogP contribution is -2.47. The van der Waals surface area contributed by atoms with Crippen LogP contribution in [0.1, 0.15) is 35.4 Å². The minimum Gasteiger partial charge on any atom is -0.493 e. The molecule has 1 fully saturated rings. The van der Waals surface area contributed by atoms with Crippen molar-refractivity contribution in [2.24, 2.45) is 5.41 Å². The fourth-order valence-electron chi connectivity index (χ4n) is 5.14. The Morgan fingerprint density at radius 2 is 1.63 bits per heavy atom. The second-order valence-electron chi connectivity index (χ2n) is 10.6. The highest BCUT2D eigenvalue weighted by atomic mass is 35.5. The van der Waals surface area contributed by atoms with Crippen LogP contribution in [0.4, 0.5) is 4.39 Å². The number of hydrogen-bond acceptors (Lipinski definition) is 4. The molecule has 8 heteroatoms. The Bertz CT molecular complexity index is 1480. The molecule has 4 aromatic rings. The molecule has 0 saturated carbocycles. The molecule has 212 valence electrons. The van der Waals surface area contributed by atoms with Gasteiger partial charge in [-0.05, 0) is 66.9 Å². The molecule has 3 aromatic carbocycles. The third-order valence-corrected chi connectivity index (χ3v) is 7.89. The van der Waals surface area contributed by atoms with Crippen LogP contribution in [0.5, 0.6) is 5.75 Å². The van der Waals surface area contributed by atoms with Crippen molar-refractivity contribution < 1.29 is 23.1 Å². The number of piperidine rings is 1. The first kappa shape index (κ1) is 28.4. The summed E-state index contributed by atoms with van der Waals surface area (Å²) >= 11 is 6.03. The highest BCUT2D eigenvalue weighted by molar-refractivity contribution is 6.30. The van der Waals surface area contributed by atoms with Gasteiger partial charge in [0.05, 0.1) is 12.2 Å². The van der Waals surface area contributed by atoms with Crippen LogP contribution in [0, 0.1) is 11.2 Å². The summed E-state index contributed by atoms with van der Waals surface area (Å²) in [5.74, 6) is 0.495. The van der Waals surface area contributed by atoms with E-state index in [1.165, 1.54) is 6.07 Å². The van der Waals surface area contributed by atoms with Gasteiger partial charge in [0.15, 0.2) is 5.76 Å². The standard InChI is InChI=1S/C33H32ClFN2O4/c1-36(22-24-7-3-2-4-8-24)31(38)21-33(23-40-26-13-11-25(34)12-14-26)17-19-37(20-18-33)32(39)30-16-15-29(41-30)27-9-5-6-10-28(27)35/h2-16H,17-23H2,1H3. The molecule has 2 heterocycles. The first-order valence-electron chi connectivity index (χ1n) is 13.6. The van der Waals surface area contributed by atoms with Gasteiger partial charge in [-0.25, -0.2) is 4.39 Å². The third-order valence-electron chi connectivity index (χ3n) is 7.64. The molecule has 0 unspecified atom stereocenters. The molecule has 0 radical (unpaired) electrons. The first-order valence-corrected chi connectivity index (χ1v) is 14.0. The van der Waals surface area contributed by atoms with Crippen LogP contribution in [-0.4, -0.2) is 48.4 Å². The molecule has 1 aromatic heterocycles. The zero-order valence-corrected chi connectivity index (χ0v) is 23.6. The van der Waals surface area contributed by atoms with E-state index in [0.717, 1.165) is 5.56 Å². The molecule has 0 atom stereocenters. The van der Waals surface area contributed by atoms with Crippen LogP contribution in [0.25, 0.3) is 11.3 Å². The Labute approximate surface area is 244 Å². The summed E-state index contributed by atoms with van der Waals surface area (Å²) in [6, 6.07) is 26.5. The molecule has 1 saturated heterocycles. The van der Waals surface area contributed by atoms with Crippen molar-refractivity contribution in [3.63, 3.8) is 0 Å².